The van der Waals surface area contributed by atoms with Crippen molar-refractivity contribution in [3.63, 3.8) is 0 Å². The van der Waals surface area contributed by atoms with Crippen LogP contribution in [0.1, 0.15) is 28.4 Å². The Balaban J connectivity index is 2.27. The maximum atomic E-state index is 12.3. The molecule has 0 aliphatic carbocycles. The molecule has 1 atom stereocenters. The minimum atomic E-state index is -3.61. The Morgan fingerprint density at radius 2 is 2.00 bits per heavy atom. The van der Waals surface area contributed by atoms with Gasteiger partial charge in [0.25, 0.3) is 0 Å². The van der Waals surface area contributed by atoms with E-state index in [2.05, 4.69) is 9.71 Å². The molecule has 1 aromatic carbocycles. The highest BCUT2D eigenvalue weighted by Crippen LogP contribution is 2.22. The fourth-order valence-electron chi connectivity index (χ4n) is 1.86. The largest absolute Gasteiger partial charge is 0.399 e. The van der Waals surface area contributed by atoms with Gasteiger partial charge in [0.1, 0.15) is 5.01 Å². The third-order valence-electron chi connectivity index (χ3n) is 2.72. The molecule has 1 heterocycles. The Labute approximate surface area is 122 Å². The lowest BCUT2D eigenvalue weighted by Crippen LogP contribution is -2.27. The fraction of sp³-hybridized carbons (Fsp3) is 0.308. The minimum Gasteiger partial charge on any atom is -0.399 e. The number of hydrogen-bond donors (Lipinski definition) is 2. The van der Waals surface area contributed by atoms with Gasteiger partial charge >= 0.3 is 0 Å². The van der Waals surface area contributed by atoms with Gasteiger partial charge in [-0.1, -0.05) is 0 Å². The number of nitrogen functional groups attached to an aromatic ring is 1. The van der Waals surface area contributed by atoms with Gasteiger partial charge in [0.15, 0.2) is 0 Å². The molecule has 5 nitrogen and oxygen atoms in total. The minimum absolute atomic E-state index is 0.176. The molecule has 0 saturated carbocycles. The summed E-state index contributed by atoms with van der Waals surface area (Å²) in [5.74, 6) is 0. The number of benzene rings is 1. The molecule has 7 heteroatoms. The van der Waals surface area contributed by atoms with Crippen molar-refractivity contribution in [3.05, 3.63) is 39.8 Å². The Bertz CT molecular complexity index is 703. The number of rotatable bonds is 4. The second-order valence-electron chi connectivity index (χ2n) is 4.73. The monoisotopic (exact) mass is 311 g/mol. The van der Waals surface area contributed by atoms with Crippen LogP contribution < -0.4 is 10.5 Å². The lowest BCUT2D eigenvalue weighted by Gasteiger charge is -2.13. The van der Waals surface area contributed by atoms with E-state index in [0.29, 0.717) is 5.69 Å². The van der Waals surface area contributed by atoms with Crippen LogP contribution in [0.2, 0.25) is 0 Å². The first-order chi connectivity index (χ1) is 9.28. The number of aryl methyl sites for hydroxylation is 2. The number of nitrogens with two attached hydrogens (primary N) is 1. The lowest BCUT2D eigenvalue weighted by atomic mass is 10.2. The van der Waals surface area contributed by atoms with Crippen molar-refractivity contribution in [2.75, 3.05) is 5.73 Å². The van der Waals surface area contributed by atoms with E-state index in [0.717, 1.165) is 15.4 Å². The van der Waals surface area contributed by atoms with E-state index in [-0.39, 0.29) is 10.9 Å². The third-order valence-corrected chi connectivity index (χ3v) is 5.34. The van der Waals surface area contributed by atoms with Crippen LogP contribution in [-0.2, 0) is 10.0 Å². The zero-order valence-corrected chi connectivity index (χ0v) is 13.2. The number of nitrogens with zero attached hydrogens (tertiary/aromatic N) is 1. The normalized spacial score (nSPS) is 13.3. The first-order valence-corrected chi connectivity index (χ1v) is 8.40. The summed E-state index contributed by atoms with van der Waals surface area (Å²) in [6.45, 7) is 5.52. The van der Waals surface area contributed by atoms with Crippen LogP contribution in [0.5, 0.6) is 0 Å². The SMILES string of the molecule is Cc1cc(N)cc(S(=O)(=O)NC(C)c2ncc(C)s2)c1. The number of sulfonamides is 1. The van der Waals surface area contributed by atoms with Gasteiger partial charge in [-0.05, 0) is 44.5 Å². The van der Waals surface area contributed by atoms with Crippen molar-refractivity contribution in [1.82, 2.24) is 9.71 Å². The van der Waals surface area contributed by atoms with Crippen LogP contribution in [-0.4, -0.2) is 13.4 Å². The van der Waals surface area contributed by atoms with Gasteiger partial charge in [-0.3, -0.25) is 0 Å². The Morgan fingerprint density at radius 1 is 1.30 bits per heavy atom. The summed E-state index contributed by atoms with van der Waals surface area (Å²) in [4.78, 5) is 5.42. The summed E-state index contributed by atoms with van der Waals surface area (Å²) in [6.07, 6.45) is 1.73. The smallest absolute Gasteiger partial charge is 0.241 e. The van der Waals surface area contributed by atoms with Crippen LogP contribution in [0, 0.1) is 13.8 Å². The van der Waals surface area contributed by atoms with Gasteiger partial charge in [-0.2, -0.15) is 0 Å². The average Bonchev–Trinajstić information content (AvgIpc) is 2.74. The standard InChI is InChI=1S/C13H17N3O2S2/c1-8-4-11(14)6-12(5-8)20(17,18)16-10(3)13-15-7-9(2)19-13/h4-7,10,16H,14H2,1-3H3. The number of anilines is 1. The molecule has 1 unspecified atom stereocenters. The molecule has 3 N–H and O–H groups in total. The molecule has 0 aliphatic rings. The first-order valence-electron chi connectivity index (χ1n) is 6.10. The average molecular weight is 311 g/mol. The van der Waals surface area contributed by atoms with Crippen molar-refractivity contribution < 1.29 is 8.42 Å². The van der Waals surface area contributed by atoms with Crippen molar-refractivity contribution in [1.29, 1.82) is 0 Å². The Hall–Kier alpha value is -1.44. The fourth-order valence-corrected chi connectivity index (χ4v) is 4.05. The van der Waals surface area contributed by atoms with Gasteiger partial charge in [-0.15, -0.1) is 11.3 Å². The lowest BCUT2D eigenvalue weighted by molar-refractivity contribution is 0.566. The number of nitrogens with one attached hydrogen (secondary N) is 1. The van der Waals surface area contributed by atoms with E-state index in [1.54, 1.807) is 25.3 Å². The number of thiazole rings is 1. The predicted molar refractivity (Wildman–Crippen MR) is 81.2 cm³/mol. The molecule has 0 spiro atoms. The van der Waals surface area contributed by atoms with E-state index in [4.69, 9.17) is 5.73 Å². The van der Waals surface area contributed by atoms with Crippen molar-refractivity contribution in [2.45, 2.75) is 31.7 Å². The zero-order valence-electron chi connectivity index (χ0n) is 11.5. The quantitative estimate of drug-likeness (QED) is 0.849. The van der Waals surface area contributed by atoms with Crippen molar-refractivity contribution in [3.8, 4) is 0 Å². The number of hydrogen-bond acceptors (Lipinski definition) is 5. The van der Waals surface area contributed by atoms with Crippen molar-refractivity contribution in [2.24, 2.45) is 0 Å². The van der Waals surface area contributed by atoms with Gasteiger partial charge < -0.3 is 5.73 Å². The van der Waals surface area contributed by atoms with Crippen LogP contribution in [0.15, 0.2) is 29.3 Å². The summed E-state index contributed by atoms with van der Waals surface area (Å²) < 4.78 is 27.3. The molecule has 0 bridgehead atoms. The van der Waals surface area contributed by atoms with E-state index >= 15 is 0 Å². The molecular weight excluding hydrogens is 294 g/mol. The second-order valence-corrected chi connectivity index (χ2v) is 7.71. The van der Waals surface area contributed by atoms with E-state index in [9.17, 15) is 8.42 Å². The summed E-state index contributed by atoms with van der Waals surface area (Å²) in [5, 5.41) is 0.742. The summed E-state index contributed by atoms with van der Waals surface area (Å²) >= 11 is 1.48. The highest BCUT2D eigenvalue weighted by Gasteiger charge is 2.20. The maximum absolute atomic E-state index is 12.3. The highest BCUT2D eigenvalue weighted by molar-refractivity contribution is 7.89. The predicted octanol–water partition coefficient (Wildman–Crippen LogP) is 2.38. The third kappa shape index (κ3) is 3.36. The second kappa shape index (κ2) is 5.51. The van der Waals surface area contributed by atoms with E-state index in [1.807, 2.05) is 13.8 Å². The Kier molecular flexibility index (Phi) is 4.12. The maximum Gasteiger partial charge on any atom is 0.241 e. The summed E-state index contributed by atoms with van der Waals surface area (Å²) in [5.41, 5.74) is 6.94. The van der Waals surface area contributed by atoms with Crippen LogP contribution >= 0.6 is 11.3 Å². The topological polar surface area (TPSA) is 85.1 Å². The molecule has 2 rings (SSSR count). The van der Waals surface area contributed by atoms with Crippen LogP contribution in [0.4, 0.5) is 5.69 Å². The molecule has 1 aromatic heterocycles. The zero-order chi connectivity index (χ0) is 14.9. The molecule has 0 fully saturated rings. The molecule has 108 valence electrons. The highest BCUT2D eigenvalue weighted by atomic mass is 32.2. The molecule has 20 heavy (non-hydrogen) atoms. The first kappa shape index (κ1) is 15.0. The Morgan fingerprint density at radius 3 is 2.55 bits per heavy atom. The molecule has 2 aromatic rings. The van der Waals surface area contributed by atoms with Gasteiger partial charge in [0.05, 0.1) is 10.9 Å². The molecule has 0 radical (unpaired) electrons. The van der Waals surface area contributed by atoms with Gasteiger partial charge in [0.2, 0.25) is 10.0 Å². The molecule has 0 saturated heterocycles. The number of aromatic nitrogens is 1. The summed E-state index contributed by atoms with van der Waals surface area (Å²) in [7, 11) is -3.61. The molecular formula is C13H17N3O2S2. The van der Waals surface area contributed by atoms with Gasteiger partial charge in [0, 0.05) is 16.8 Å². The van der Waals surface area contributed by atoms with Crippen molar-refractivity contribution >= 4 is 27.0 Å². The molecule has 0 amide bonds. The van der Waals surface area contributed by atoms with E-state index in [1.165, 1.54) is 17.4 Å². The van der Waals surface area contributed by atoms with Crippen LogP contribution in [0.3, 0.4) is 0 Å². The molecule has 0 aliphatic heterocycles. The van der Waals surface area contributed by atoms with E-state index < -0.39 is 10.0 Å². The van der Waals surface area contributed by atoms with Gasteiger partial charge in [-0.25, -0.2) is 18.1 Å². The summed E-state index contributed by atoms with van der Waals surface area (Å²) in [6, 6.07) is 4.40. The van der Waals surface area contributed by atoms with Crippen LogP contribution in [0.25, 0.3) is 0 Å².